The number of carbonyl (C=O) groups is 2. The first-order chi connectivity index (χ1) is 17.5. The molecule has 2 aliphatic rings. The SMILES string of the molecule is O=C(O)C1CCC(COCc2ccccc2)CC1.O=C(O)C1CCC(COCc2ccccc2)CC1. The van der Waals surface area contributed by atoms with E-state index in [-0.39, 0.29) is 11.8 Å². The highest BCUT2D eigenvalue weighted by atomic mass is 16.5. The lowest BCUT2D eigenvalue weighted by Crippen LogP contribution is -2.23. The van der Waals surface area contributed by atoms with Crippen LogP contribution in [0, 0.1) is 23.7 Å². The van der Waals surface area contributed by atoms with Crippen LogP contribution in [0.15, 0.2) is 60.7 Å². The molecule has 2 saturated carbocycles. The molecule has 0 spiro atoms. The van der Waals surface area contributed by atoms with Crippen LogP contribution in [0.2, 0.25) is 0 Å². The Morgan fingerprint density at radius 3 is 1.22 bits per heavy atom. The first-order valence-electron chi connectivity index (χ1n) is 13.2. The van der Waals surface area contributed by atoms with Gasteiger partial charge >= 0.3 is 11.9 Å². The number of hydrogen-bond acceptors (Lipinski definition) is 4. The van der Waals surface area contributed by atoms with Crippen molar-refractivity contribution in [1.29, 1.82) is 0 Å². The maximum atomic E-state index is 10.8. The molecule has 0 saturated heterocycles. The normalized spacial score (nSPS) is 23.8. The van der Waals surface area contributed by atoms with Crippen molar-refractivity contribution in [2.75, 3.05) is 13.2 Å². The van der Waals surface area contributed by atoms with Crippen molar-refractivity contribution in [3.8, 4) is 0 Å². The van der Waals surface area contributed by atoms with Crippen molar-refractivity contribution in [2.45, 2.75) is 64.6 Å². The van der Waals surface area contributed by atoms with E-state index in [0.717, 1.165) is 64.6 Å². The molecule has 2 aromatic rings. The monoisotopic (exact) mass is 496 g/mol. The second-order valence-corrected chi connectivity index (χ2v) is 10.1. The summed E-state index contributed by atoms with van der Waals surface area (Å²) in [5.74, 6) is -0.475. The molecule has 0 heterocycles. The summed E-state index contributed by atoms with van der Waals surface area (Å²) in [6.07, 6.45) is 7.11. The van der Waals surface area contributed by atoms with Gasteiger partial charge in [-0.2, -0.15) is 0 Å². The molecule has 2 N–H and O–H groups in total. The maximum Gasteiger partial charge on any atom is 0.306 e. The lowest BCUT2D eigenvalue weighted by molar-refractivity contribution is -0.144. The summed E-state index contributed by atoms with van der Waals surface area (Å²) in [5, 5.41) is 17.8. The number of hydrogen-bond donors (Lipinski definition) is 2. The maximum absolute atomic E-state index is 10.8. The predicted octanol–water partition coefficient (Wildman–Crippen LogP) is 6.19. The standard InChI is InChI=1S/2C15H20O3/c2*16-15(17)14-8-6-13(7-9-14)11-18-10-12-4-2-1-3-5-12/h2*1-5,13-14H,6-11H2,(H,16,17). The summed E-state index contributed by atoms with van der Waals surface area (Å²) in [6, 6.07) is 20.3. The number of benzene rings is 2. The molecule has 0 radical (unpaired) electrons. The van der Waals surface area contributed by atoms with Crippen molar-refractivity contribution >= 4 is 11.9 Å². The lowest BCUT2D eigenvalue weighted by Gasteiger charge is -2.25. The highest BCUT2D eigenvalue weighted by Gasteiger charge is 2.26. The molecule has 0 bridgehead atoms. The van der Waals surface area contributed by atoms with E-state index in [9.17, 15) is 9.59 Å². The van der Waals surface area contributed by atoms with Crippen LogP contribution in [-0.2, 0) is 32.3 Å². The molecule has 4 rings (SSSR count). The van der Waals surface area contributed by atoms with Crippen LogP contribution in [0.4, 0.5) is 0 Å². The first-order valence-corrected chi connectivity index (χ1v) is 13.2. The molecule has 2 aromatic carbocycles. The Morgan fingerprint density at radius 1 is 0.583 bits per heavy atom. The molecule has 6 heteroatoms. The summed E-state index contributed by atoms with van der Waals surface area (Å²) < 4.78 is 11.4. The second-order valence-electron chi connectivity index (χ2n) is 10.1. The zero-order valence-electron chi connectivity index (χ0n) is 21.1. The number of carboxylic acids is 2. The van der Waals surface area contributed by atoms with E-state index in [4.69, 9.17) is 19.7 Å². The van der Waals surface area contributed by atoms with Gasteiger partial charge in [0.2, 0.25) is 0 Å². The fourth-order valence-electron chi connectivity index (χ4n) is 4.99. The van der Waals surface area contributed by atoms with Crippen molar-refractivity contribution in [2.24, 2.45) is 23.7 Å². The molecule has 0 aliphatic heterocycles. The fraction of sp³-hybridized carbons (Fsp3) is 0.533. The highest BCUT2D eigenvalue weighted by molar-refractivity contribution is 5.70. The minimum Gasteiger partial charge on any atom is -0.481 e. The molecule has 36 heavy (non-hydrogen) atoms. The molecule has 0 aromatic heterocycles. The Kier molecular flexibility index (Phi) is 11.9. The summed E-state index contributed by atoms with van der Waals surface area (Å²) >= 11 is 0. The van der Waals surface area contributed by atoms with E-state index in [1.807, 2.05) is 36.4 Å². The number of aliphatic carboxylic acids is 2. The van der Waals surface area contributed by atoms with E-state index in [2.05, 4.69) is 24.3 Å². The molecular weight excluding hydrogens is 456 g/mol. The van der Waals surface area contributed by atoms with Crippen LogP contribution < -0.4 is 0 Å². The van der Waals surface area contributed by atoms with Crippen LogP contribution in [0.25, 0.3) is 0 Å². The quantitative estimate of drug-likeness (QED) is 0.407. The average molecular weight is 497 g/mol. The van der Waals surface area contributed by atoms with Gasteiger partial charge in [0.1, 0.15) is 0 Å². The van der Waals surface area contributed by atoms with Gasteiger partial charge in [0, 0.05) is 13.2 Å². The Balaban J connectivity index is 0.000000201. The fourth-order valence-corrected chi connectivity index (χ4v) is 4.99. The van der Waals surface area contributed by atoms with Gasteiger partial charge in [0.05, 0.1) is 25.0 Å². The smallest absolute Gasteiger partial charge is 0.306 e. The van der Waals surface area contributed by atoms with Crippen LogP contribution in [0.5, 0.6) is 0 Å². The van der Waals surface area contributed by atoms with Gasteiger partial charge < -0.3 is 19.7 Å². The molecular formula is C30H40O6. The summed E-state index contributed by atoms with van der Waals surface area (Å²) in [5.41, 5.74) is 2.38. The van der Waals surface area contributed by atoms with Gasteiger partial charge in [0.15, 0.2) is 0 Å². The van der Waals surface area contributed by atoms with Gasteiger partial charge in [-0.15, -0.1) is 0 Å². The van der Waals surface area contributed by atoms with Crippen LogP contribution in [-0.4, -0.2) is 35.4 Å². The van der Waals surface area contributed by atoms with E-state index in [1.165, 1.54) is 11.1 Å². The van der Waals surface area contributed by atoms with E-state index >= 15 is 0 Å². The topological polar surface area (TPSA) is 93.1 Å². The molecule has 6 nitrogen and oxygen atoms in total. The Bertz CT molecular complexity index is 809. The summed E-state index contributed by atoms with van der Waals surface area (Å²) in [6.45, 7) is 2.81. The van der Waals surface area contributed by atoms with Crippen LogP contribution in [0.1, 0.15) is 62.5 Å². The van der Waals surface area contributed by atoms with Gasteiger partial charge in [-0.05, 0) is 74.3 Å². The average Bonchev–Trinajstić information content (AvgIpc) is 2.91. The van der Waals surface area contributed by atoms with Gasteiger partial charge in [0.25, 0.3) is 0 Å². The number of rotatable bonds is 10. The Morgan fingerprint density at radius 2 is 0.917 bits per heavy atom. The van der Waals surface area contributed by atoms with Gasteiger partial charge in [-0.3, -0.25) is 9.59 Å². The molecule has 0 atom stereocenters. The van der Waals surface area contributed by atoms with E-state index < -0.39 is 11.9 Å². The van der Waals surface area contributed by atoms with Crippen molar-refractivity contribution in [1.82, 2.24) is 0 Å². The Hall–Kier alpha value is -2.70. The minimum absolute atomic E-state index is 0.129. The lowest BCUT2D eigenvalue weighted by atomic mass is 9.82. The third-order valence-corrected chi connectivity index (χ3v) is 7.32. The molecule has 2 aliphatic carbocycles. The molecule has 196 valence electrons. The largest absolute Gasteiger partial charge is 0.481 e. The zero-order valence-corrected chi connectivity index (χ0v) is 21.1. The first kappa shape index (κ1) is 27.9. The zero-order chi connectivity index (χ0) is 25.6. The second kappa shape index (κ2) is 15.4. The van der Waals surface area contributed by atoms with Crippen molar-refractivity contribution in [3.05, 3.63) is 71.8 Å². The van der Waals surface area contributed by atoms with Crippen molar-refractivity contribution < 1.29 is 29.3 Å². The molecule has 0 amide bonds. The third-order valence-electron chi connectivity index (χ3n) is 7.32. The van der Waals surface area contributed by atoms with Gasteiger partial charge in [-0.25, -0.2) is 0 Å². The summed E-state index contributed by atoms with van der Waals surface area (Å²) in [4.78, 5) is 21.7. The van der Waals surface area contributed by atoms with E-state index in [1.54, 1.807) is 0 Å². The highest BCUT2D eigenvalue weighted by Crippen LogP contribution is 2.30. The molecule has 2 fully saturated rings. The number of carboxylic acid groups (broad SMARTS) is 2. The predicted molar refractivity (Wildman–Crippen MR) is 138 cm³/mol. The van der Waals surface area contributed by atoms with Crippen LogP contribution >= 0.6 is 0 Å². The summed E-state index contributed by atoms with van der Waals surface area (Å²) in [7, 11) is 0. The number of ether oxygens (including phenoxy) is 2. The van der Waals surface area contributed by atoms with E-state index in [0.29, 0.717) is 25.0 Å². The minimum atomic E-state index is -0.640. The van der Waals surface area contributed by atoms with Crippen molar-refractivity contribution in [3.63, 3.8) is 0 Å². The Labute approximate surface area is 214 Å². The van der Waals surface area contributed by atoms with Gasteiger partial charge in [-0.1, -0.05) is 60.7 Å². The van der Waals surface area contributed by atoms with Crippen LogP contribution in [0.3, 0.4) is 0 Å². The third kappa shape index (κ3) is 10.1. The molecule has 0 unspecified atom stereocenters.